The van der Waals surface area contributed by atoms with E-state index in [9.17, 15) is 0 Å². The summed E-state index contributed by atoms with van der Waals surface area (Å²) >= 11 is 0. The van der Waals surface area contributed by atoms with Crippen LogP contribution < -0.4 is 0 Å². The third-order valence-corrected chi connectivity index (χ3v) is 3.79. The third kappa shape index (κ3) is 2.95. The number of nitriles is 1. The first kappa shape index (κ1) is 14.0. The van der Waals surface area contributed by atoms with Gasteiger partial charge in [-0.1, -0.05) is 12.1 Å². The van der Waals surface area contributed by atoms with Crippen LogP contribution in [0.1, 0.15) is 70.0 Å². The van der Waals surface area contributed by atoms with Gasteiger partial charge in [-0.25, -0.2) is 0 Å². The lowest BCUT2D eigenvalue weighted by Crippen LogP contribution is -2.27. The Labute approximate surface area is 113 Å². The Morgan fingerprint density at radius 2 is 2.21 bits per heavy atom. The Morgan fingerprint density at radius 1 is 1.47 bits per heavy atom. The van der Waals surface area contributed by atoms with Gasteiger partial charge in [0.2, 0.25) is 11.7 Å². The van der Waals surface area contributed by atoms with Gasteiger partial charge in [0.05, 0.1) is 6.07 Å². The second kappa shape index (κ2) is 6.16. The lowest BCUT2D eigenvalue weighted by Gasteiger charge is -2.24. The zero-order chi connectivity index (χ0) is 13.7. The van der Waals surface area contributed by atoms with Crippen LogP contribution in [0.5, 0.6) is 0 Å². The van der Waals surface area contributed by atoms with E-state index in [1.165, 1.54) is 0 Å². The molecule has 1 aromatic rings. The molecule has 1 fully saturated rings. The van der Waals surface area contributed by atoms with Gasteiger partial charge in [0, 0.05) is 18.9 Å². The molecular weight excluding hydrogens is 242 g/mol. The van der Waals surface area contributed by atoms with Gasteiger partial charge in [0.1, 0.15) is 5.60 Å². The molecule has 5 heteroatoms. The maximum atomic E-state index is 8.61. The topological polar surface area (TPSA) is 71.9 Å². The first-order chi connectivity index (χ1) is 9.22. The summed E-state index contributed by atoms with van der Waals surface area (Å²) in [5.74, 6) is 1.43. The average molecular weight is 263 g/mol. The molecule has 19 heavy (non-hydrogen) atoms. The van der Waals surface area contributed by atoms with Crippen LogP contribution in [0, 0.1) is 11.3 Å². The van der Waals surface area contributed by atoms with Crippen molar-refractivity contribution in [1.29, 1.82) is 5.26 Å². The summed E-state index contributed by atoms with van der Waals surface area (Å²) in [6.07, 6.45) is 5.48. The minimum absolute atomic E-state index is 0.126. The van der Waals surface area contributed by atoms with Crippen LogP contribution in [0.4, 0.5) is 0 Å². The van der Waals surface area contributed by atoms with Gasteiger partial charge < -0.3 is 9.26 Å². The molecule has 0 amide bonds. The van der Waals surface area contributed by atoms with Gasteiger partial charge in [-0.05, 0) is 39.0 Å². The molecule has 0 aromatic carbocycles. The second-order valence-corrected chi connectivity index (χ2v) is 5.19. The summed E-state index contributed by atoms with van der Waals surface area (Å²) in [4.78, 5) is 4.52. The van der Waals surface area contributed by atoms with Crippen molar-refractivity contribution >= 4 is 0 Å². The molecule has 5 nitrogen and oxygen atoms in total. The van der Waals surface area contributed by atoms with E-state index < -0.39 is 0 Å². The lowest BCUT2D eigenvalue weighted by atomic mass is 10.0. The molecule has 0 N–H and O–H groups in total. The fourth-order valence-corrected chi connectivity index (χ4v) is 2.68. The minimum Gasteiger partial charge on any atom is -0.367 e. The molecule has 2 rings (SSSR count). The molecule has 1 unspecified atom stereocenters. The quantitative estimate of drug-likeness (QED) is 0.787. The number of ether oxygens (including phenoxy) is 1. The van der Waals surface area contributed by atoms with Crippen LogP contribution >= 0.6 is 0 Å². The second-order valence-electron chi connectivity index (χ2n) is 5.19. The number of nitrogens with zero attached hydrogens (tertiary/aromatic N) is 3. The van der Waals surface area contributed by atoms with E-state index in [1.54, 1.807) is 0 Å². The molecule has 0 bridgehead atoms. The summed E-state index contributed by atoms with van der Waals surface area (Å²) in [5.41, 5.74) is -0.342. The fourth-order valence-electron chi connectivity index (χ4n) is 2.68. The molecule has 0 aliphatic heterocycles. The molecule has 1 saturated carbocycles. The Balaban J connectivity index is 2.13. The van der Waals surface area contributed by atoms with Crippen LogP contribution in [-0.4, -0.2) is 16.7 Å². The van der Waals surface area contributed by atoms with Crippen molar-refractivity contribution in [2.24, 2.45) is 0 Å². The average Bonchev–Trinajstić information content (AvgIpc) is 3.05. The van der Waals surface area contributed by atoms with E-state index in [4.69, 9.17) is 14.5 Å². The van der Waals surface area contributed by atoms with Crippen molar-refractivity contribution in [2.45, 2.75) is 63.9 Å². The predicted octanol–water partition coefficient (Wildman–Crippen LogP) is 3.28. The van der Waals surface area contributed by atoms with Gasteiger partial charge >= 0.3 is 0 Å². The van der Waals surface area contributed by atoms with Crippen molar-refractivity contribution in [1.82, 2.24) is 10.1 Å². The summed E-state index contributed by atoms with van der Waals surface area (Å²) in [6, 6.07) is 2.14. The van der Waals surface area contributed by atoms with Crippen molar-refractivity contribution < 1.29 is 9.26 Å². The Bertz CT molecular complexity index is 444. The molecule has 1 aliphatic rings. The van der Waals surface area contributed by atoms with Gasteiger partial charge in [-0.3, -0.25) is 0 Å². The summed E-state index contributed by atoms with van der Waals surface area (Å²) in [5, 5.41) is 12.7. The zero-order valence-corrected chi connectivity index (χ0v) is 11.7. The van der Waals surface area contributed by atoms with Crippen LogP contribution in [0.2, 0.25) is 0 Å². The third-order valence-electron chi connectivity index (χ3n) is 3.79. The lowest BCUT2D eigenvalue weighted by molar-refractivity contribution is -0.0469. The molecule has 1 aliphatic carbocycles. The van der Waals surface area contributed by atoms with E-state index in [-0.39, 0.29) is 11.5 Å². The highest BCUT2D eigenvalue weighted by molar-refractivity contribution is 5.06. The molecule has 104 valence electrons. The van der Waals surface area contributed by atoms with Crippen molar-refractivity contribution in [3.8, 4) is 6.07 Å². The SMILES string of the molecule is CCOC1(c2noc(C(C)CCC#N)n2)CCCC1. The predicted molar refractivity (Wildman–Crippen MR) is 69.3 cm³/mol. The Hall–Kier alpha value is -1.41. The van der Waals surface area contributed by atoms with Crippen LogP contribution in [0.3, 0.4) is 0 Å². The molecule has 0 spiro atoms. The Kier molecular flexibility index (Phi) is 4.54. The standard InChI is InChI=1S/C14H21N3O2/c1-3-18-14(8-4-5-9-14)13-16-12(19-17-13)11(2)7-6-10-15/h11H,3-9H2,1-2H3. The molecule has 0 saturated heterocycles. The van der Waals surface area contributed by atoms with Gasteiger partial charge in [-0.2, -0.15) is 10.2 Å². The van der Waals surface area contributed by atoms with Gasteiger partial charge in [-0.15, -0.1) is 0 Å². The Morgan fingerprint density at radius 3 is 2.84 bits per heavy atom. The van der Waals surface area contributed by atoms with Crippen LogP contribution in [0.25, 0.3) is 0 Å². The summed E-state index contributed by atoms with van der Waals surface area (Å²) in [7, 11) is 0. The first-order valence-electron chi connectivity index (χ1n) is 7.07. The number of hydrogen-bond acceptors (Lipinski definition) is 5. The highest BCUT2D eigenvalue weighted by Crippen LogP contribution is 2.41. The molecular formula is C14H21N3O2. The fraction of sp³-hybridized carbons (Fsp3) is 0.786. The molecule has 1 aromatic heterocycles. The zero-order valence-electron chi connectivity index (χ0n) is 11.7. The highest BCUT2D eigenvalue weighted by Gasteiger charge is 2.41. The first-order valence-corrected chi connectivity index (χ1v) is 7.07. The summed E-state index contributed by atoms with van der Waals surface area (Å²) < 4.78 is 11.3. The molecule has 1 heterocycles. The van der Waals surface area contributed by atoms with Gasteiger partial charge in [0.15, 0.2) is 0 Å². The van der Waals surface area contributed by atoms with Crippen molar-refractivity contribution in [3.63, 3.8) is 0 Å². The summed E-state index contributed by atoms with van der Waals surface area (Å²) in [6.45, 7) is 4.67. The van der Waals surface area contributed by atoms with Crippen molar-refractivity contribution in [2.75, 3.05) is 6.61 Å². The minimum atomic E-state index is -0.342. The monoisotopic (exact) mass is 263 g/mol. The maximum absolute atomic E-state index is 8.61. The van der Waals surface area contributed by atoms with E-state index in [1.807, 2.05) is 13.8 Å². The van der Waals surface area contributed by atoms with E-state index in [2.05, 4.69) is 16.2 Å². The van der Waals surface area contributed by atoms with E-state index in [0.29, 0.717) is 24.7 Å². The maximum Gasteiger partial charge on any atom is 0.229 e. The van der Waals surface area contributed by atoms with Gasteiger partial charge in [0.25, 0.3) is 0 Å². The van der Waals surface area contributed by atoms with E-state index >= 15 is 0 Å². The number of aromatic nitrogens is 2. The smallest absolute Gasteiger partial charge is 0.229 e. The van der Waals surface area contributed by atoms with Crippen molar-refractivity contribution in [3.05, 3.63) is 11.7 Å². The number of hydrogen-bond donors (Lipinski definition) is 0. The number of rotatable bonds is 6. The normalized spacial score (nSPS) is 19.2. The highest BCUT2D eigenvalue weighted by atomic mass is 16.5. The van der Waals surface area contributed by atoms with E-state index in [0.717, 1.165) is 32.1 Å². The van der Waals surface area contributed by atoms with Crippen LogP contribution in [0.15, 0.2) is 4.52 Å². The largest absolute Gasteiger partial charge is 0.367 e. The van der Waals surface area contributed by atoms with Crippen LogP contribution in [-0.2, 0) is 10.3 Å². The molecule has 0 radical (unpaired) electrons. The molecule has 1 atom stereocenters.